The molecule has 0 aliphatic rings. The summed E-state index contributed by atoms with van der Waals surface area (Å²) in [5, 5.41) is 0. The molecule has 0 spiro atoms. The van der Waals surface area contributed by atoms with E-state index in [0.29, 0.717) is 22.6 Å². The van der Waals surface area contributed by atoms with Gasteiger partial charge in [-0.15, -0.1) is 0 Å². The molecule has 4 nitrogen and oxygen atoms in total. The summed E-state index contributed by atoms with van der Waals surface area (Å²) in [7, 11) is 0. The average molecular weight is 260 g/mol. The van der Waals surface area contributed by atoms with Crippen LogP contribution in [0.1, 0.15) is 15.9 Å². The van der Waals surface area contributed by atoms with Gasteiger partial charge in [-0.3, -0.25) is 4.79 Å². The van der Waals surface area contributed by atoms with Crippen molar-refractivity contribution in [3.63, 3.8) is 0 Å². The minimum atomic E-state index is -0.514. The van der Waals surface area contributed by atoms with Gasteiger partial charge in [-0.05, 0) is 36.4 Å². The maximum Gasteiger partial charge on any atom is 0.248 e. The number of rotatable bonds is 4. The molecule has 2 aromatic rings. The van der Waals surface area contributed by atoms with E-state index in [0.717, 1.165) is 0 Å². The largest absolute Gasteiger partial charge is 0.457 e. The minimum Gasteiger partial charge on any atom is -0.457 e. The Morgan fingerprint density at radius 1 is 1.16 bits per heavy atom. The molecular weight excluding hydrogens is 247 g/mol. The van der Waals surface area contributed by atoms with Gasteiger partial charge >= 0.3 is 0 Å². The smallest absolute Gasteiger partial charge is 0.248 e. The summed E-state index contributed by atoms with van der Waals surface area (Å²) in [6.45, 7) is 0.0430. The molecule has 1 amide bonds. The third-order valence-corrected chi connectivity index (χ3v) is 2.65. The van der Waals surface area contributed by atoms with Crippen molar-refractivity contribution in [1.29, 1.82) is 0 Å². The zero-order valence-corrected chi connectivity index (χ0v) is 10.1. The summed E-state index contributed by atoms with van der Waals surface area (Å²) in [4.78, 5) is 10.9. The molecule has 0 unspecified atom stereocenters. The lowest BCUT2D eigenvalue weighted by Gasteiger charge is -2.10. The summed E-state index contributed by atoms with van der Waals surface area (Å²) in [5.74, 6) is -0.0895. The molecule has 0 aromatic heterocycles. The van der Waals surface area contributed by atoms with Crippen molar-refractivity contribution in [1.82, 2.24) is 0 Å². The molecule has 0 radical (unpaired) electrons. The van der Waals surface area contributed by atoms with Crippen molar-refractivity contribution < 1.29 is 13.9 Å². The molecule has 0 fully saturated rings. The maximum absolute atomic E-state index is 13.5. The molecule has 98 valence electrons. The first-order chi connectivity index (χ1) is 9.11. The van der Waals surface area contributed by atoms with Gasteiger partial charge in [0.05, 0.1) is 0 Å². The third kappa shape index (κ3) is 2.89. The van der Waals surface area contributed by atoms with Crippen LogP contribution in [0.15, 0.2) is 42.5 Å². The number of halogens is 1. The normalized spacial score (nSPS) is 10.2. The number of benzene rings is 2. The van der Waals surface area contributed by atoms with Gasteiger partial charge in [0, 0.05) is 17.7 Å². The lowest BCUT2D eigenvalue weighted by atomic mass is 10.2. The predicted molar refractivity (Wildman–Crippen MR) is 69.3 cm³/mol. The molecule has 0 saturated heterocycles. The summed E-state index contributed by atoms with van der Waals surface area (Å²) >= 11 is 0. The SMILES string of the molecule is NCc1c(F)cccc1Oc1ccc(C(N)=O)cc1. The number of hydrogen-bond donors (Lipinski definition) is 2. The Hall–Kier alpha value is -2.40. The van der Waals surface area contributed by atoms with Gasteiger partial charge in [0.2, 0.25) is 5.91 Å². The lowest BCUT2D eigenvalue weighted by Crippen LogP contribution is -2.10. The molecule has 2 aromatic carbocycles. The van der Waals surface area contributed by atoms with Crippen LogP contribution in [-0.2, 0) is 6.54 Å². The van der Waals surface area contributed by atoms with E-state index in [2.05, 4.69) is 0 Å². The first-order valence-electron chi connectivity index (χ1n) is 5.67. The summed E-state index contributed by atoms with van der Waals surface area (Å²) in [6, 6.07) is 10.8. The Morgan fingerprint density at radius 3 is 2.42 bits per heavy atom. The van der Waals surface area contributed by atoms with E-state index in [1.54, 1.807) is 36.4 Å². The van der Waals surface area contributed by atoms with Gasteiger partial charge in [-0.1, -0.05) is 6.07 Å². The van der Waals surface area contributed by atoms with Gasteiger partial charge in [0.15, 0.2) is 0 Å². The van der Waals surface area contributed by atoms with Crippen LogP contribution >= 0.6 is 0 Å². The van der Waals surface area contributed by atoms with Crippen molar-refractivity contribution in [3.8, 4) is 11.5 Å². The van der Waals surface area contributed by atoms with Crippen molar-refractivity contribution in [2.45, 2.75) is 6.54 Å². The fourth-order valence-corrected chi connectivity index (χ4v) is 1.65. The highest BCUT2D eigenvalue weighted by molar-refractivity contribution is 5.92. The van der Waals surface area contributed by atoms with Crippen LogP contribution in [0.2, 0.25) is 0 Å². The standard InChI is InChI=1S/C14H13FN2O2/c15-12-2-1-3-13(11(12)8-16)19-10-6-4-9(5-7-10)14(17)18/h1-7H,8,16H2,(H2,17,18). The molecule has 0 aliphatic carbocycles. The number of primary amides is 1. The van der Waals surface area contributed by atoms with E-state index in [1.165, 1.54) is 6.07 Å². The molecule has 4 N–H and O–H groups in total. The first-order valence-corrected chi connectivity index (χ1v) is 5.67. The highest BCUT2D eigenvalue weighted by Crippen LogP contribution is 2.27. The molecular formula is C14H13FN2O2. The molecule has 0 heterocycles. The van der Waals surface area contributed by atoms with Crippen LogP contribution in [0.3, 0.4) is 0 Å². The highest BCUT2D eigenvalue weighted by atomic mass is 19.1. The lowest BCUT2D eigenvalue weighted by molar-refractivity contribution is 0.100. The molecule has 0 atom stereocenters. The van der Waals surface area contributed by atoms with Gasteiger partial charge in [-0.2, -0.15) is 0 Å². The highest BCUT2D eigenvalue weighted by Gasteiger charge is 2.09. The number of carbonyl (C=O) groups excluding carboxylic acids is 1. The van der Waals surface area contributed by atoms with E-state index in [4.69, 9.17) is 16.2 Å². The first kappa shape index (κ1) is 13.0. The second-order valence-corrected chi connectivity index (χ2v) is 3.91. The number of nitrogens with two attached hydrogens (primary N) is 2. The quantitative estimate of drug-likeness (QED) is 0.884. The Balaban J connectivity index is 2.26. The van der Waals surface area contributed by atoms with Crippen molar-refractivity contribution in [3.05, 3.63) is 59.4 Å². The Bertz CT molecular complexity index is 597. The van der Waals surface area contributed by atoms with Gasteiger partial charge < -0.3 is 16.2 Å². The summed E-state index contributed by atoms with van der Waals surface area (Å²) in [6.07, 6.45) is 0. The van der Waals surface area contributed by atoms with Crippen LogP contribution in [0.5, 0.6) is 11.5 Å². The summed E-state index contributed by atoms with van der Waals surface area (Å²) < 4.78 is 19.0. The van der Waals surface area contributed by atoms with Gasteiger partial charge in [0.25, 0.3) is 0 Å². The van der Waals surface area contributed by atoms with Gasteiger partial charge in [-0.25, -0.2) is 4.39 Å². The maximum atomic E-state index is 13.5. The number of amides is 1. The molecule has 2 rings (SSSR count). The van der Waals surface area contributed by atoms with Crippen LogP contribution in [0, 0.1) is 5.82 Å². The van der Waals surface area contributed by atoms with E-state index >= 15 is 0 Å². The zero-order chi connectivity index (χ0) is 13.8. The Kier molecular flexibility index (Phi) is 3.77. The van der Waals surface area contributed by atoms with E-state index < -0.39 is 11.7 Å². The molecule has 19 heavy (non-hydrogen) atoms. The fourth-order valence-electron chi connectivity index (χ4n) is 1.65. The Morgan fingerprint density at radius 2 is 1.84 bits per heavy atom. The molecule has 0 aliphatic heterocycles. The second kappa shape index (κ2) is 5.49. The third-order valence-electron chi connectivity index (χ3n) is 2.65. The van der Waals surface area contributed by atoms with Gasteiger partial charge in [0.1, 0.15) is 17.3 Å². The number of hydrogen-bond acceptors (Lipinski definition) is 3. The zero-order valence-electron chi connectivity index (χ0n) is 10.1. The van der Waals surface area contributed by atoms with E-state index in [-0.39, 0.29) is 6.54 Å². The molecule has 0 saturated carbocycles. The monoisotopic (exact) mass is 260 g/mol. The predicted octanol–water partition coefficient (Wildman–Crippen LogP) is 2.18. The van der Waals surface area contributed by atoms with Crippen LogP contribution < -0.4 is 16.2 Å². The van der Waals surface area contributed by atoms with Crippen LogP contribution in [0.25, 0.3) is 0 Å². The van der Waals surface area contributed by atoms with E-state index in [1.807, 2.05) is 0 Å². The molecule has 5 heteroatoms. The number of carbonyl (C=O) groups is 1. The topological polar surface area (TPSA) is 78.3 Å². The molecule has 0 bridgehead atoms. The van der Waals surface area contributed by atoms with Crippen molar-refractivity contribution in [2.24, 2.45) is 11.5 Å². The Labute approximate surface area is 109 Å². The average Bonchev–Trinajstić information content (AvgIpc) is 2.39. The number of ether oxygens (including phenoxy) is 1. The van der Waals surface area contributed by atoms with Crippen LogP contribution in [0.4, 0.5) is 4.39 Å². The minimum absolute atomic E-state index is 0.0430. The van der Waals surface area contributed by atoms with Crippen LogP contribution in [-0.4, -0.2) is 5.91 Å². The van der Waals surface area contributed by atoms with E-state index in [9.17, 15) is 9.18 Å². The second-order valence-electron chi connectivity index (χ2n) is 3.91. The van der Waals surface area contributed by atoms with Crippen molar-refractivity contribution >= 4 is 5.91 Å². The van der Waals surface area contributed by atoms with Crippen molar-refractivity contribution in [2.75, 3.05) is 0 Å². The fraction of sp³-hybridized carbons (Fsp3) is 0.0714. The summed E-state index contributed by atoms with van der Waals surface area (Å²) in [5.41, 5.74) is 11.3.